The minimum atomic E-state index is -0.889. The van der Waals surface area contributed by atoms with Gasteiger partial charge in [0.05, 0.1) is 11.4 Å². The molecule has 1 aliphatic carbocycles. The molecule has 1 aromatic carbocycles. The average Bonchev–Trinajstić information content (AvgIpc) is 3.13. The second-order valence-corrected chi connectivity index (χ2v) is 9.08. The molecule has 0 unspecified atom stereocenters. The fourth-order valence-corrected chi connectivity index (χ4v) is 4.89. The van der Waals surface area contributed by atoms with Crippen LogP contribution in [0.15, 0.2) is 47.5 Å². The molecule has 0 saturated heterocycles. The molecule has 2 aliphatic rings. The molecule has 0 amide bonds. The molecule has 4 heterocycles. The Labute approximate surface area is 196 Å². The van der Waals surface area contributed by atoms with Crippen LogP contribution in [0.5, 0.6) is 0 Å². The van der Waals surface area contributed by atoms with E-state index in [0.29, 0.717) is 42.1 Å². The van der Waals surface area contributed by atoms with Gasteiger partial charge < -0.3 is 15.7 Å². The number of benzene rings is 1. The predicted octanol–water partition coefficient (Wildman–Crippen LogP) is 2.76. The van der Waals surface area contributed by atoms with Crippen molar-refractivity contribution in [1.82, 2.24) is 29.6 Å². The van der Waals surface area contributed by atoms with Gasteiger partial charge in [0.15, 0.2) is 5.65 Å². The van der Waals surface area contributed by atoms with Crippen LogP contribution < -0.4 is 16.2 Å². The number of rotatable bonds is 5. The van der Waals surface area contributed by atoms with Crippen molar-refractivity contribution < 1.29 is 5.11 Å². The maximum absolute atomic E-state index is 13.1. The first-order valence-corrected chi connectivity index (χ1v) is 11.8. The molecule has 0 bridgehead atoms. The highest BCUT2D eigenvalue weighted by Crippen LogP contribution is 2.40. The van der Waals surface area contributed by atoms with Gasteiger partial charge in [-0.2, -0.15) is 4.98 Å². The van der Waals surface area contributed by atoms with Crippen LogP contribution in [0, 0.1) is 0 Å². The Bertz CT molecular complexity index is 1450. The lowest BCUT2D eigenvalue weighted by atomic mass is 9.77. The number of nitrogens with one attached hydrogen (secondary N) is 2. The topological polar surface area (TPSA) is 110 Å². The first kappa shape index (κ1) is 21.0. The quantitative estimate of drug-likeness (QED) is 0.423. The summed E-state index contributed by atoms with van der Waals surface area (Å²) in [7, 11) is 0. The van der Waals surface area contributed by atoms with Gasteiger partial charge >= 0.3 is 0 Å². The van der Waals surface area contributed by atoms with Crippen molar-refractivity contribution in [3.05, 3.63) is 69.9 Å². The van der Waals surface area contributed by atoms with Crippen LogP contribution in [0.3, 0.4) is 0 Å². The van der Waals surface area contributed by atoms with E-state index in [1.165, 1.54) is 11.1 Å². The molecule has 9 heteroatoms. The van der Waals surface area contributed by atoms with Gasteiger partial charge in [0.25, 0.3) is 5.56 Å². The Morgan fingerprint density at radius 1 is 1.18 bits per heavy atom. The highest BCUT2D eigenvalue weighted by atomic mass is 16.3. The zero-order valence-electron chi connectivity index (χ0n) is 19.1. The third kappa shape index (κ3) is 3.39. The summed E-state index contributed by atoms with van der Waals surface area (Å²) in [4.78, 5) is 26.7. The van der Waals surface area contributed by atoms with E-state index in [-0.39, 0.29) is 5.56 Å². The molecule has 6 rings (SSSR count). The standard InChI is InChI=1S/C25H27N7O2/c1-2-31-23(33)20-15-28-24(29-18-5-4-17-14-26-10-6-16(17)12-18)30-22(20)32(31)19-7-11-27-21(13-19)25(34)8-3-9-25/h4-5,7,11-13,15,26,34H,2-3,6,8-10,14H2,1H3,(H,28,29,30). The van der Waals surface area contributed by atoms with Crippen LogP contribution in [-0.2, 0) is 25.1 Å². The lowest BCUT2D eigenvalue weighted by molar-refractivity contribution is -0.0426. The number of hydrogen-bond donors (Lipinski definition) is 3. The van der Waals surface area contributed by atoms with E-state index < -0.39 is 5.60 Å². The first-order valence-electron chi connectivity index (χ1n) is 11.8. The van der Waals surface area contributed by atoms with E-state index in [1.54, 1.807) is 21.8 Å². The summed E-state index contributed by atoms with van der Waals surface area (Å²) >= 11 is 0. The summed E-state index contributed by atoms with van der Waals surface area (Å²) in [5, 5.41) is 18.0. The third-order valence-corrected chi connectivity index (χ3v) is 6.97. The fourth-order valence-electron chi connectivity index (χ4n) is 4.89. The lowest BCUT2D eigenvalue weighted by Crippen LogP contribution is -2.34. The second kappa shape index (κ2) is 8.03. The molecule has 3 aromatic heterocycles. The van der Waals surface area contributed by atoms with Crippen molar-refractivity contribution in [3.63, 3.8) is 0 Å². The smallest absolute Gasteiger partial charge is 0.278 e. The summed E-state index contributed by atoms with van der Waals surface area (Å²) in [6.45, 7) is 4.25. The van der Waals surface area contributed by atoms with E-state index in [4.69, 9.17) is 4.98 Å². The first-order chi connectivity index (χ1) is 16.6. The van der Waals surface area contributed by atoms with Gasteiger partial charge in [-0.3, -0.25) is 9.78 Å². The maximum atomic E-state index is 13.1. The van der Waals surface area contributed by atoms with Crippen molar-refractivity contribution in [3.8, 4) is 5.69 Å². The van der Waals surface area contributed by atoms with Gasteiger partial charge in [-0.15, -0.1) is 0 Å². The lowest BCUT2D eigenvalue weighted by Gasteiger charge is -2.36. The van der Waals surface area contributed by atoms with E-state index in [2.05, 4.69) is 32.7 Å². The predicted molar refractivity (Wildman–Crippen MR) is 129 cm³/mol. The zero-order chi connectivity index (χ0) is 23.3. The highest BCUT2D eigenvalue weighted by Gasteiger charge is 2.37. The Hall–Kier alpha value is -3.56. The zero-order valence-corrected chi connectivity index (χ0v) is 19.1. The Balaban J connectivity index is 1.43. The molecule has 9 nitrogen and oxygen atoms in total. The SMILES string of the molecule is CCn1c(=O)c2cnc(Nc3ccc4c(c3)CCNC4)nc2n1-c1ccnc(C2(O)CCC2)c1. The third-order valence-electron chi connectivity index (χ3n) is 6.97. The van der Waals surface area contributed by atoms with E-state index in [1.807, 2.05) is 25.1 Å². The molecule has 0 atom stereocenters. The second-order valence-electron chi connectivity index (χ2n) is 9.08. The molecule has 0 radical (unpaired) electrons. The van der Waals surface area contributed by atoms with Gasteiger partial charge in [-0.25, -0.2) is 14.3 Å². The Morgan fingerprint density at radius 3 is 2.85 bits per heavy atom. The number of hydrogen-bond acceptors (Lipinski definition) is 7. The molecule has 0 spiro atoms. The number of nitrogens with zero attached hydrogens (tertiary/aromatic N) is 5. The molecule has 1 aliphatic heterocycles. The minimum absolute atomic E-state index is 0.147. The number of anilines is 2. The van der Waals surface area contributed by atoms with Crippen LogP contribution in [0.1, 0.15) is 43.0 Å². The van der Waals surface area contributed by atoms with Crippen LogP contribution in [0.2, 0.25) is 0 Å². The summed E-state index contributed by atoms with van der Waals surface area (Å²) in [6.07, 6.45) is 6.63. The molecule has 174 valence electrons. The van der Waals surface area contributed by atoms with Crippen molar-refractivity contribution >= 4 is 22.7 Å². The van der Waals surface area contributed by atoms with Crippen molar-refractivity contribution in [2.45, 2.75) is 51.3 Å². The molecule has 3 N–H and O–H groups in total. The molecular formula is C25H27N7O2. The van der Waals surface area contributed by atoms with Gasteiger partial charge in [-0.05, 0) is 74.5 Å². The number of aliphatic hydroxyl groups is 1. The largest absolute Gasteiger partial charge is 0.384 e. The number of fused-ring (bicyclic) bond motifs is 2. The van der Waals surface area contributed by atoms with Crippen molar-refractivity contribution in [2.24, 2.45) is 0 Å². The molecule has 1 fully saturated rings. The van der Waals surface area contributed by atoms with E-state index in [9.17, 15) is 9.90 Å². The summed E-state index contributed by atoms with van der Waals surface area (Å²) in [5.41, 5.74) is 4.40. The van der Waals surface area contributed by atoms with Gasteiger partial charge in [0.2, 0.25) is 5.95 Å². The van der Waals surface area contributed by atoms with Gasteiger partial charge in [0.1, 0.15) is 11.0 Å². The Morgan fingerprint density at radius 2 is 2.06 bits per heavy atom. The van der Waals surface area contributed by atoms with Gasteiger partial charge in [0, 0.05) is 31.2 Å². The van der Waals surface area contributed by atoms with Crippen LogP contribution in [-0.4, -0.2) is 36.0 Å². The van der Waals surface area contributed by atoms with Crippen LogP contribution in [0.25, 0.3) is 16.7 Å². The minimum Gasteiger partial charge on any atom is -0.384 e. The molecule has 4 aromatic rings. The average molecular weight is 458 g/mol. The summed E-state index contributed by atoms with van der Waals surface area (Å²) in [6, 6.07) is 9.98. The fraction of sp³-hybridized carbons (Fsp3) is 0.360. The van der Waals surface area contributed by atoms with E-state index >= 15 is 0 Å². The monoisotopic (exact) mass is 457 g/mol. The van der Waals surface area contributed by atoms with E-state index in [0.717, 1.165) is 37.3 Å². The molecular weight excluding hydrogens is 430 g/mol. The highest BCUT2D eigenvalue weighted by molar-refractivity contribution is 5.77. The van der Waals surface area contributed by atoms with Crippen molar-refractivity contribution in [1.29, 1.82) is 0 Å². The van der Waals surface area contributed by atoms with Crippen LogP contribution >= 0.6 is 0 Å². The number of aromatic nitrogens is 5. The normalized spacial score (nSPS) is 16.8. The summed E-state index contributed by atoms with van der Waals surface area (Å²) in [5.74, 6) is 0.426. The van der Waals surface area contributed by atoms with Gasteiger partial charge in [-0.1, -0.05) is 6.07 Å². The number of pyridine rings is 1. The van der Waals surface area contributed by atoms with Crippen LogP contribution in [0.4, 0.5) is 11.6 Å². The molecule has 1 saturated carbocycles. The molecule has 34 heavy (non-hydrogen) atoms. The summed E-state index contributed by atoms with van der Waals surface area (Å²) < 4.78 is 3.44. The maximum Gasteiger partial charge on any atom is 0.278 e. The van der Waals surface area contributed by atoms with Crippen molar-refractivity contribution in [2.75, 3.05) is 11.9 Å². The Kier molecular flexibility index (Phi) is 4.96.